The average Bonchev–Trinajstić information content (AvgIpc) is 3.11. The van der Waals surface area contributed by atoms with Crippen LogP contribution in [0.25, 0.3) is 0 Å². The Hall–Kier alpha value is -2.73. The van der Waals surface area contributed by atoms with Crippen LogP contribution in [0.4, 0.5) is 10.1 Å². The number of esters is 1. The molecular weight excluding hydrogens is 371 g/mol. The summed E-state index contributed by atoms with van der Waals surface area (Å²) in [6.45, 7) is 5.71. The molecule has 0 aliphatic carbocycles. The molecule has 2 aromatic carbocycles. The minimum absolute atomic E-state index is 0.166. The van der Waals surface area contributed by atoms with Gasteiger partial charge in [-0.1, -0.05) is 30.3 Å². The van der Waals surface area contributed by atoms with Gasteiger partial charge in [0.1, 0.15) is 12.4 Å². The average molecular weight is 399 g/mol. The number of aryl methyl sites for hydroxylation is 2. The van der Waals surface area contributed by atoms with Crippen molar-refractivity contribution in [2.45, 2.75) is 33.3 Å². The summed E-state index contributed by atoms with van der Waals surface area (Å²) in [4.78, 5) is 25.2. The molecule has 1 fully saturated rings. The van der Waals surface area contributed by atoms with Gasteiger partial charge in [-0.3, -0.25) is 4.79 Å². The molecule has 1 saturated heterocycles. The van der Waals surface area contributed by atoms with Crippen molar-refractivity contribution < 1.29 is 23.2 Å². The molecule has 154 valence electrons. The lowest BCUT2D eigenvalue weighted by atomic mass is 10.1. The van der Waals surface area contributed by atoms with E-state index in [-0.39, 0.29) is 37.4 Å². The van der Waals surface area contributed by atoms with Crippen molar-refractivity contribution in [3.8, 4) is 0 Å². The minimum atomic E-state index is -0.317. The Labute approximate surface area is 171 Å². The van der Waals surface area contributed by atoms with Gasteiger partial charge < -0.3 is 14.5 Å². The number of hydrogen-bond donors (Lipinski definition) is 1. The van der Waals surface area contributed by atoms with E-state index in [0.29, 0.717) is 21.3 Å². The molecule has 0 spiro atoms. The van der Waals surface area contributed by atoms with Crippen LogP contribution < -0.4 is 5.32 Å². The van der Waals surface area contributed by atoms with Gasteiger partial charge >= 0.3 is 5.97 Å². The summed E-state index contributed by atoms with van der Waals surface area (Å²) in [5, 5.41) is 2.92. The van der Waals surface area contributed by atoms with Crippen molar-refractivity contribution in [2.24, 2.45) is 0 Å². The summed E-state index contributed by atoms with van der Waals surface area (Å²) in [5.74, 6) is -0.777. The zero-order valence-electron chi connectivity index (χ0n) is 17.0. The molecule has 0 unspecified atom stereocenters. The third-order valence-electron chi connectivity index (χ3n) is 5.46. The number of amides is 1. The van der Waals surface area contributed by atoms with E-state index in [2.05, 4.69) is 5.32 Å². The molecule has 1 heterocycles. The number of hydrogen-bond acceptors (Lipinski definition) is 3. The van der Waals surface area contributed by atoms with Crippen LogP contribution in [0.1, 0.15) is 29.5 Å². The Kier molecular flexibility index (Phi) is 6.64. The number of benzene rings is 2. The normalized spacial score (nSPS) is 15.1. The first kappa shape index (κ1) is 21.0. The lowest BCUT2D eigenvalue weighted by Gasteiger charge is -2.32. The van der Waals surface area contributed by atoms with Crippen molar-refractivity contribution in [1.82, 2.24) is 0 Å². The summed E-state index contributed by atoms with van der Waals surface area (Å²) < 4.78 is 19.3. The molecule has 0 atom stereocenters. The van der Waals surface area contributed by atoms with Crippen LogP contribution >= 0.6 is 0 Å². The monoisotopic (exact) mass is 399 g/mol. The van der Waals surface area contributed by atoms with Crippen molar-refractivity contribution >= 4 is 17.6 Å². The van der Waals surface area contributed by atoms with E-state index in [1.807, 2.05) is 30.3 Å². The molecule has 6 heteroatoms. The predicted octanol–water partition coefficient (Wildman–Crippen LogP) is 3.74. The fraction of sp³-hybridized carbons (Fsp3) is 0.391. The summed E-state index contributed by atoms with van der Waals surface area (Å²) in [6, 6.07) is 12.4. The number of nitrogens with zero attached hydrogens (tertiary/aromatic N) is 1. The number of carbonyl (C=O) groups is 2. The van der Waals surface area contributed by atoms with E-state index < -0.39 is 0 Å². The van der Waals surface area contributed by atoms with Gasteiger partial charge in [-0.2, -0.15) is 0 Å². The molecule has 1 amide bonds. The third-order valence-corrected chi connectivity index (χ3v) is 5.46. The number of ether oxygens (including phenoxy) is 1. The second-order valence-corrected chi connectivity index (χ2v) is 7.92. The highest BCUT2D eigenvalue weighted by molar-refractivity contribution is 5.93. The number of carbonyl (C=O) groups excluding carboxylic acids is 2. The first-order chi connectivity index (χ1) is 13.9. The predicted molar refractivity (Wildman–Crippen MR) is 110 cm³/mol. The van der Waals surface area contributed by atoms with Crippen LogP contribution in [-0.2, 0) is 20.9 Å². The van der Waals surface area contributed by atoms with Gasteiger partial charge in [-0.25, -0.2) is 9.18 Å². The minimum Gasteiger partial charge on any atom is -0.457 e. The standard InChI is InChI=1S/C23H27FN2O3/c1-17-12-20(24)13-18(2)23(17)25-21(27)14-26(10-6-7-11-26)15-22(28)29-16-19-8-4-3-5-9-19/h3-5,8-9,12-13H,6-7,10-11,14-16H2,1-2H3/p+1. The van der Waals surface area contributed by atoms with Gasteiger partial charge in [-0.15, -0.1) is 0 Å². The van der Waals surface area contributed by atoms with E-state index in [1.54, 1.807) is 13.8 Å². The summed E-state index contributed by atoms with van der Waals surface area (Å²) in [5.41, 5.74) is 2.95. The smallest absolute Gasteiger partial charge is 0.362 e. The molecule has 3 rings (SSSR count). The number of quaternary nitrogens is 1. The quantitative estimate of drug-likeness (QED) is 0.570. The second kappa shape index (κ2) is 9.18. The maximum absolute atomic E-state index is 13.5. The second-order valence-electron chi connectivity index (χ2n) is 7.92. The SMILES string of the molecule is Cc1cc(F)cc(C)c1NC(=O)C[N+]1(CC(=O)OCc2ccccc2)CCCC1. The Morgan fingerprint density at radius 1 is 1.03 bits per heavy atom. The molecule has 0 bridgehead atoms. The maximum atomic E-state index is 13.5. The molecule has 0 saturated carbocycles. The van der Waals surface area contributed by atoms with Crippen molar-refractivity contribution in [2.75, 3.05) is 31.5 Å². The summed E-state index contributed by atoms with van der Waals surface area (Å²) >= 11 is 0. The fourth-order valence-electron chi connectivity index (χ4n) is 4.03. The van der Waals surface area contributed by atoms with E-state index in [4.69, 9.17) is 4.74 Å². The van der Waals surface area contributed by atoms with Gasteiger partial charge in [0.2, 0.25) is 0 Å². The molecule has 0 aromatic heterocycles. The molecule has 29 heavy (non-hydrogen) atoms. The fourth-order valence-corrected chi connectivity index (χ4v) is 4.03. The van der Waals surface area contributed by atoms with Crippen LogP contribution in [-0.4, -0.2) is 42.5 Å². The number of halogens is 1. The first-order valence-corrected chi connectivity index (χ1v) is 9.98. The molecule has 5 nitrogen and oxygen atoms in total. The number of nitrogens with one attached hydrogen (secondary N) is 1. The number of likely N-dealkylation sites (tertiary alicyclic amines) is 1. The third kappa shape index (κ3) is 5.64. The number of anilines is 1. The zero-order valence-corrected chi connectivity index (χ0v) is 17.0. The Balaban J connectivity index is 1.61. The Morgan fingerprint density at radius 3 is 2.28 bits per heavy atom. The van der Waals surface area contributed by atoms with E-state index in [1.165, 1.54) is 12.1 Å². The molecule has 1 N–H and O–H groups in total. The lowest BCUT2D eigenvalue weighted by molar-refractivity contribution is -0.902. The Bertz CT molecular complexity index is 854. The van der Waals surface area contributed by atoms with E-state index >= 15 is 0 Å². The van der Waals surface area contributed by atoms with Crippen LogP contribution in [0.5, 0.6) is 0 Å². The summed E-state index contributed by atoms with van der Waals surface area (Å²) in [6.07, 6.45) is 1.96. The van der Waals surface area contributed by atoms with Gasteiger partial charge in [0, 0.05) is 18.5 Å². The maximum Gasteiger partial charge on any atom is 0.362 e. The highest BCUT2D eigenvalue weighted by Gasteiger charge is 2.37. The molecule has 1 aliphatic heterocycles. The van der Waals surface area contributed by atoms with Crippen LogP contribution in [0.2, 0.25) is 0 Å². The largest absolute Gasteiger partial charge is 0.457 e. The molecule has 2 aromatic rings. The van der Waals surface area contributed by atoms with Crippen molar-refractivity contribution in [3.05, 3.63) is 65.0 Å². The lowest BCUT2D eigenvalue weighted by Crippen LogP contribution is -2.53. The molecule has 1 aliphatic rings. The topological polar surface area (TPSA) is 55.4 Å². The summed E-state index contributed by atoms with van der Waals surface area (Å²) in [7, 11) is 0. The van der Waals surface area contributed by atoms with Crippen molar-refractivity contribution in [1.29, 1.82) is 0 Å². The first-order valence-electron chi connectivity index (χ1n) is 9.98. The van der Waals surface area contributed by atoms with Crippen LogP contribution in [0.3, 0.4) is 0 Å². The van der Waals surface area contributed by atoms with E-state index in [9.17, 15) is 14.0 Å². The number of rotatable bonds is 7. The van der Waals surface area contributed by atoms with Gasteiger partial charge in [0.15, 0.2) is 13.1 Å². The zero-order chi connectivity index (χ0) is 20.9. The molecule has 0 radical (unpaired) electrons. The van der Waals surface area contributed by atoms with Crippen LogP contribution in [0, 0.1) is 19.7 Å². The van der Waals surface area contributed by atoms with Gasteiger partial charge in [0.25, 0.3) is 5.91 Å². The van der Waals surface area contributed by atoms with Crippen LogP contribution in [0.15, 0.2) is 42.5 Å². The highest BCUT2D eigenvalue weighted by Crippen LogP contribution is 2.23. The molecular formula is C23H28FN2O3+. The van der Waals surface area contributed by atoms with Crippen molar-refractivity contribution in [3.63, 3.8) is 0 Å². The Morgan fingerprint density at radius 2 is 1.66 bits per heavy atom. The van der Waals surface area contributed by atoms with Gasteiger partial charge in [0.05, 0.1) is 13.1 Å². The highest BCUT2D eigenvalue weighted by atomic mass is 19.1. The van der Waals surface area contributed by atoms with E-state index in [0.717, 1.165) is 31.5 Å². The van der Waals surface area contributed by atoms with Gasteiger partial charge in [-0.05, 0) is 42.7 Å².